The Morgan fingerprint density at radius 2 is 2.08 bits per heavy atom. The zero-order chi connectivity index (χ0) is 16.4. The molecular formula is C17H17FN4OS. The summed E-state index contributed by atoms with van der Waals surface area (Å²) in [5.41, 5.74) is 2.12. The van der Waals surface area contributed by atoms with Gasteiger partial charge >= 0.3 is 0 Å². The molecule has 2 aromatic rings. The lowest BCUT2D eigenvalue weighted by Gasteiger charge is -2.32. The molecule has 2 atom stereocenters. The molecule has 5 nitrogen and oxygen atoms in total. The molecule has 0 amide bonds. The molecule has 7 heteroatoms. The van der Waals surface area contributed by atoms with Crippen molar-refractivity contribution in [3.05, 3.63) is 42.7 Å². The van der Waals surface area contributed by atoms with Crippen LogP contribution in [0.4, 0.5) is 10.1 Å². The number of ether oxygens (including phenoxy) is 1. The average Bonchev–Trinajstić information content (AvgIpc) is 2.64. The second-order valence-electron chi connectivity index (χ2n) is 5.88. The highest BCUT2D eigenvalue weighted by atomic mass is 32.2. The first-order valence-electron chi connectivity index (χ1n) is 7.90. The molecule has 0 spiro atoms. The van der Waals surface area contributed by atoms with Gasteiger partial charge < -0.3 is 10.1 Å². The van der Waals surface area contributed by atoms with E-state index >= 15 is 0 Å². The number of nitrogens with zero attached hydrogens (tertiary/aromatic N) is 3. The zero-order valence-corrected chi connectivity index (χ0v) is 13.8. The summed E-state index contributed by atoms with van der Waals surface area (Å²) in [6.07, 6.45) is 5.94. The third-order valence-electron chi connectivity index (χ3n) is 4.28. The van der Waals surface area contributed by atoms with Gasteiger partial charge in [0.15, 0.2) is 5.17 Å². The van der Waals surface area contributed by atoms with Crippen molar-refractivity contribution >= 4 is 22.6 Å². The van der Waals surface area contributed by atoms with E-state index in [1.807, 2.05) is 0 Å². The van der Waals surface area contributed by atoms with Crippen LogP contribution in [0.1, 0.15) is 6.42 Å². The molecule has 3 heterocycles. The molecule has 0 radical (unpaired) electrons. The number of rotatable bonds is 2. The second-order valence-corrected chi connectivity index (χ2v) is 6.89. The SMILES string of the molecule is Fc1ccc(-c2cncnc2)cc1NC1=NC2COCCC2CS1. The Labute approximate surface area is 143 Å². The fourth-order valence-corrected chi connectivity index (χ4v) is 4.06. The summed E-state index contributed by atoms with van der Waals surface area (Å²) in [6.45, 7) is 1.47. The van der Waals surface area contributed by atoms with E-state index in [1.54, 1.807) is 36.3 Å². The Bertz CT molecular complexity index is 756. The maximum absolute atomic E-state index is 14.2. The van der Waals surface area contributed by atoms with E-state index in [0.29, 0.717) is 18.2 Å². The van der Waals surface area contributed by atoms with Gasteiger partial charge in [-0.3, -0.25) is 4.99 Å². The first-order valence-corrected chi connectivity index (χ1v) is 8.88. The molecule has 1 aromatic heterocycles. The smallest absolute Gasteiger partial charge is 0.161 e. The van der Waals surface area contributed by atoms with E-state index in [9.17, 15) is 4.39 Å². The van der Waals surface area contributed by atoms with Crippen LogP contribution in [0.5, 0.6) is 0 Å². The van der Waals surface area contributed by atoms with Crippen molar-refractivity contribution in [2.75, 3.05) is 24.3 Å². The highest BCUT2D eigenvalue weighted by Gasteiger charge is 2.30. The van der Waals surface area contributed by atoms with Crippen LogP contribution in [0.3, 0.4) is 0 Å². The van der Waals surface area contributed by atoms with Crippen molar-refractivity contribution in [3.63, 3.8) is 0 Å². The van der Waals surface area contributed by atoms with Gasteiger partial charge in [0.2, 0.25) is 0 Å². The van der Waals surface area contributed by atoms with Crippen LogP contribution in [0, 0.1) is 11.7 Å². The van der Waals surface area contributed by atoms with E-state index in [2.05, 4.69) is 15.3 Å². The highest BCUT2D eigenvalue weighted by Crippen LogP contribution is 2.31. The summed E-state index contributed by atoms with van der Waals surface area (Å²) in [5, 5.41) is 3.89. The van der Waals surface area contributed by atoms with Crippen LogP contribution in [0.25, 0.3) is 11.1 Å². The number of fused-ring (bicyclic) bond motifs is 1. The molecule has 2 unspecified atom stereocenters. The number of benzene rings is 1. The van der Waals surface area contributed by atoms with Crippen molar-refractivity contribution in [3.8, 4) is 11.1 Å². The monoisotopic (exact) mass is 344 g/mol. The molecule has 124 valence electrons. The van der Waals surface area contributed by atoms with Gasteiger partial charge in [0, 0.05) is 30.3 Å². The molecule has 0 bridgehead atoms. The van der Waals surface area contributed by atoms with Crippen LogP contribution in [0.2, 0.25) is 0 Å². The second kappa shape index (κ2) is 6.86. The minimum Gasteiger partial charge on any atom is -0.379 e. The quantitative estimate of drug-likeness (QED) is 0.906. The standard InChI is InChI=1S/C17H17FN4OS/c18-14-2-1-11(13-6-19-10-20-7-13)5-15(14)21-17-22-16-8-23-4-3-12(16)9-24-17/h1-2,5-7,10,12,16H,3-4,8-9H2,(H,21,22). The van der Waals surface area contributed by atoms with E-state index in [0.717, 1.165) is 35.1 Å². The van der Waals surface area contributed by atoms with Crippen LogP contribution in [0.15, 0.2) is 41.9 Å². The average molecular weight is 344 g/mol. The Hall–Kier alpha value is -1.99. The first kappa shape index (κ1) is 15.5. The maximum Gasteiger partial charge on any atom is 0.161 e. The number of anilines is 1. The first-order chi connectivity index (χ1) is 11.8. The number of aromatic nitrogens is 2. The summed E-state index contributed by atoms with van der Waals surface area (Å²) in [5.74, 6) is 1.25. The normalized spacial score (nSPS) is 23.3. The van der Waals surface area contributed by atoms with E-state index in [4.69, 9.17) is 9.73 Å². The maximum atomic E-state index is 14.2. The van der Waals surface area contributed by atoms with Crippen LogP contribution in [-0.4, -0.2) is 40.1 Å². The fraction of sp³-hybridized carbons (Fsp3) is 0.353. The summed E-state index contributed by atoms with van der Waals surface area (Å²) < 4.78 is 19.7. The Morgan fingerprint density at radius 3 is 2.96 bits per heavy atom. The lowest BCUT2D eigenvalue weighted by atomic mass is 9.97. The molecule has 1 aromatic carbocycles. The largest absolute Gasteiger partial charge is 0.379 e. The highest BCUT2D eigenvalue weighted by molar-refractivity contribution is 8.14. The zero-order valence-electron chi connectivity index (χ0n) is 13.0. The van der Waals surface area contributed by atoms with Crippen molar-refractivity contribution in [2.45, 2.75) is 12.5 Å². The predicted molar refractivity (Wildman–Crippen MR) is 93.7 cm³/mol. The number of aliphatic imine (C=N–C) groups is 1. The number of hydrogen-bond donors (Lipinski definition) is 1. The van der Waals surface area contributed by atoms with E-state index in [-0.39, 0.29) is 11.9 Å². The molecule has 2 aliphatic rings. The lowest BCUT2D eigenvalue weighted by Crippen LogP contribution is -2.37. The van der Waals surface area contributed by atoms with Crippen LogP contribution >= 0.6 is 11.8 Å². The van der Waals surface area contributed by atoms with Crippen LogP contribution < -0.4 is 5.32 Å². The Kier molecular flexibility index (Phi) is 4.44. The fourth-order valence-electron chi connectivity index (χ4n) is 2.91. The number of thioether (sulfide) groups is 1. The van der Waals surface area contributed by atoms with Gasteiger partial charge in [-0.15, -0.1) is 0 Å². The van der Waals surface area contributed by atoms with Gasteiger partial charge in [-0.2, -0.15) is 0 Å². The Morgan fingerprint density at radius 1 is 1.21 bits per heavy atom. The molecule has 1 fully saturated rings. The Balaban J connectivity index is 1.57. The van der Waals surface area contributed by atoms with Crippen molar-refractivity contribution in [2.24, 2.45) is 10.9 Å². The molecule has 24 heavy (non-hydrogen) atoms. The van der Waals surface area contributed by atoms with Gasteiger partial charge in [0.05, 0.1) is 18.3 Å². The summed E-state index contributed by atoms with van der Waals surface area (Å²) in [4.78, 5) is 12.7. The molecule has 4 rings (SSSR count). The molecule has 1 saturated heterocycles. The van der Waals surface area contributed by atoms with Gasteiger partial charge in [-0.25, -0.2) is 14.4 Å². The third kappa shape index (κ3) is 3.27. The van der Waals surface area contributed by atoms with E-state index in [1.165, 1.54) is 12.4 Å². The number of amidine groups is 1. The van der Waals surface area contributed by atoms with Gasteiger partial charge in [0.25, 0.3) is 0 Å². The van der Waals surface area contributed by atoms with Gasteiger partial charge in [0.1, 0.15) is 12.1 Å². The molecule has 1 N–H and O–H groups in total. The molecule has 0 saturated carbocycles. The minimum absolute atomic E-state index is 0.177. The molecule has 2 aliphatic heterocycles. The number of nitrogens with one attached hydrogen (secondary N) is 1. The number of hydrogen-bond acceptors (Lipinski definition) is 6. The van der Waals surface area contributed by atoms with E-state index < -0.39 is 0 Å². The van der Waals surface area contributed by atoms with Crippen molar-refractivity contribution < 1.29 is 9.13 Å². The summed E-state index contributed by atoms with van der Waals surface area (Å²) >= 11 is 1.65. The van der Waals surface area contributed by atoms with Crippen LogP contribution in [-0.2, 0) is 4.74 Å². The summed E-state index contributed by atoms with van der Waals surface area (Å²) in [6, 6.07) is 5.11. The predicted octanol–water partition coefficient (Wildman–Crippen LogP) is 3.20. The van der Waals surface area contributed by atoms with Crippen molar-refractivity contribution in [1.29, 1.82) is 0 Å². The summed E-state index contributed by atoms with van der Waals surface area (Å²) in [7, 11) is 0. The molecular weight excluding hydrogens is 327 g/mol. The van der Waals surface area contributed by atoms with Crippen molar-refractivity contribution in [1.82, 2.24) is 9.97 Å². The van der Waals surface area contributed by atoms with Gasteiger partial charge in [-0.1, -0.05) is 17.8 Å². The molecule has 0 aliphatic carbocycles. The van der Waals surface area contributed by atoms with Gasteiger partial charge in [-0.05, 0) is 30.0 Å². The topological polar surface area (TPSA) is 59.4 Å². The minimum atomic E-state index is -0.305. The number of halogens is 1. The lowest BCUT2D eigenvalue weighted by molar-refractivity contribution is 0.0563. The third-order valence-corrected chi connectivity index (χ3v) is 5.36.